The Kier molecular flexibility index (Phi) is 2.92. The molecule has 0 saturated carbocycles. The molecule has 0 fully saturated rings. The molecule has 0 N–H and O–H groups in total. The van der Waals surface area contributed by atoms with Crippen molar-refractivity contribution < 1.29 is 22.6 Å². The summed E-state index contributed by atoms with van der Waals surface area (Å²) in [5, 5.41) is -1.53. The second-order valence-electron chi connectivity index (χ2n) is 3.27. The van der Waals surface area contributed by atoms with Crippen LogP contribution in [0.1, 0.15) is 10.8 Å². The van der Waals surface area contributed by atoms with Gasteiger partial charge in [-0.1, -0.05) is 6.07 Å². The Hall–Kier alpha value is -1.04. The molecule has 1 atom stereocenters. The molecule has 16 heavy (non-hydrogen) atoms. The molecule has 0 unspecified atom stereocenters. The SMILES string of the molecule is CS[C@@H](c1ccc2c(c1)OCO2)C(F)(F)F. The lowest BCUT2D eigenvalue weighted by atomic mass is 10.1. The zero-order valence-corrected chi connectivity index (χ0v) is 9.19. The van der Waals surface area contributed by atoms with E-state index in [0.717, 1.165) is 11.8 Å². The van der Waals surface area contributed by atoms with Crippen molar-refractivity contribution in [1.82, 2.24) is 0 Å². The summed E-state index contributed by atoms with van der Waals surface area (Å²) in [6.45, 7) is 0.0642. The van der Waals surface area contributed by atoms with Crippen LogP contribution < -0.4 is 9.47 Å². The Morgan fingerprint density at radius 2 is 1.94 bits per heavy atom. The van der Waals surface area contributed by atoms with Crippen molar-refractivity contribution in [2.45, 2.75) is 11.4 Å². The highest BCUT2D eigenvalue weighted by Crippen LogP contribution is 2.44. The van der Waals surface area contributed by atoms with Gasteiger partial charge in [0, 0.05) is 0 Å². The summed E-state index contributed by atoms with van der Waals surface area (Å²) in [5.41, 5.74) is 0.184. The second-order valence-corrected chi connectivity index (χ2v) is 4.21. The van der Waals surface area contributed by atoms with Crippen LogP contribution in [0, 0.1) is 0 Å². The molecule has 0 radical (unpaired) electrons. The van der Waals surface area contributed by atoms with E-state index in [9.17, 15) is 13.2 Å². The van der Waals surface area contributed by atoms with Gasteiger partial charge in [-0.25, -0.2) is 0 Å². The second kappa shape index (κ2) is 4.08. The third-order valence-electron chi connectivity index (χ3n) is 2.23. The highest BCUT2D eigenvalue weighted by Gasteiger charge is 2.40. The van der Waals surface area contributed by atoms with Crippen LogP contribution >= 0.6 is 11.8 Å². The minimum Gasteiger partial charge on any atom is -0.454 e. The van der Waals surface area contributed by atoms with Gasteiger partial charge in [0.2, 0.25) is 6.79 Å². The number of thioether (sulfide) groups is 1. The van der Waals surface area contributed by atoms with Gasteiger partial charge in [-0.3, -0.25) is 0 Å². The molecule has 88 valence electrons. The molecule has 0 bridgehead atoms. The first-order valence-electron chi connectivity index (χ1n) is 4.51. The quantitative estimate of drug-likeness (QED) is 0.801. The lowest BCUT2D eigenvalue weighted by Crippen LogP contribution is -2.17. The van der Waals surface area contributed by atoms with Crippen molar-refractivity contribution in [3.05, 3.63) is 23.8 Å². The van der Waals surface area contributed by atoms with Gasteiger partial charge in [-0.05, 0) is 24.0 Å². The van der Waals surface area contributed by atoms with E-state index in [-0.39, 0.29) is 12.4 Å². The minimum absolute atomic E-state index is 0.0642. The van der Waals surface area contributed by atoms with Gasteiger partial charge in [0.25, 0.3) is 0 Å². The Morgan fingerprint density at radius 1 is 1.25 bits per heavy atom. The summed E-state index contributed by atoms with van der Waals surface area (Å²) < 4.78 is 48.1. The van der Waals surface area contributed by atoms with E-state index < -0.39 is 11.4 Å². The summed E-state index contributed by atoms with van der Waals surface area (Å²) >= 11 is 0.754. The maximum absolute atomic E-state index is 12.7. The number of halogens is 3. The molecule has 0 amide bonds. The summed E-state index contributed by atoms with van der Waals surface area (Å²) in [5.74, 6) is 0.867. The molecule has 2 nitrogen and oxygen atoms in total. The van der Waals surface area contributed by atoms with Gasteiger partial charge in [-0.2, -0.15) is 13.2 Å². The van der Waals surface area contributed by atoms with E-state index in [1.807, 2.05) is 0 Å². The summed E-state index contributed by atoms with van der Waals surface area (Å²) in [4.78, 5) is 0. The molecule has 0 saturated heterocycles. The van der Waals surface area contributed by atoms with Gasteiger partial charge < -0.3 is 9.47 Å². The smallest absolute Gasteiger partial charge is 0.404 e. The largest absolute Gasteiger partial charge is 0.454 e. The fraction of sp³-hybridized carbons (Fsp3) is 0.400. The third kappa shape index (κ3) is 2.07. The number of ether oxygens (including phenoxy) is 2. The molecule has 0 spiro atoms. The predicted octanol–water partition coefficient (Wildman–Crippen LogP) is 3.38. The van der Waals surface area contributed by atoms with Crippen LogP contribution in [0.2, 0.25) is 0 Å². The maximum atomic E-state index is 12.7. The highest BCUT2D eigenvalue weighted by atomic mass is 32.2. The van der Waals surface area contributed by atoms with Crippen LogP contribution in [0.4, 0.5) is 13.2 Å². The number of alkyl halides is 3. The Labute approximate surface area is 94.7 Å². The lowest BCUT2D eigenvalue weighted by Gasteiger charge is -2.18. The molecular weight excluding hydrogens is 241 g/mol. The van der Waals surface area contributed by atoms with E-state index in [2.05, 4.69) is 0 Å². The molecule has 1 aliphatic heterocycles. The molecule has 1 aromatic carbocycles. The van der Waals surface area contributed by atoms with Crippen molar-refractivity contribution in [3.8, 4) is 11.5 Å². The summed E-state index contributed by atoms with van der Waals surface area (Å²) in [6.07, 6.45) is -2.82. The van der Waals surface area contributed by atoms with Crippen molar-refractivity contribution in [3.63, 3.8) is 0 Å². The topological polar surface area (TPSA) is 18.5 Å². The van der Waals surface area contributed by atoms with Gasteiger partial charge >= 0.3 is 6.18 Å². The highest BCUT2D eigenvalue weighted by molar-refractivity contribution is 7.98. The first kappa shape index (κ1) is 11.4. The fourth-order valence-corrected chi connectivity index (χ4v) is 2.22. The lowest BCUT2D eigenvalue weighted by molar-refractivity contribution is -0.129. The van der Waals surface area contributed by atoms with E-state index in [4.69, 9.17) is 9.47 Å². The van der Waals surface area contributed by atoms with E-state index in [1.54, 1.807) is 0 Å². The number of benzene rings is 1. The van der Waals surface area contributed by atoms with Crippen molar-refractivity contribution in [1.29, 1.82) is 0 Å². The monoisotopic (exact) mass is 250 g/mol. The fourth-order valence-electron chi connectivity index (χ4n) is 1.53. The van der Waals surface area contributed by atoms with E-state index >= 15 is 0 Å². The van der Waals surface area contributed by atoms with Crippen LogP contribution in [-0.2, 0) is 0 Å². The van der Waals surface area contributed by atoms with Gasteiger partial charge in [-0.15, -0.1) is 11.8 Å². The van der Waals surface area contributed by atoms with Crippen LogP contribution in [0.3, 0.4) is 0 Å². The van der Waals surface area contributed by atoms with Crippen LogP contribution in [0.15, 0.2) is 18.2 Å². The first-order chi connectivity index (χ1) is 7.52. The zero-order chi connectivity index (χ0) is 11.8. The summed E-state index contributed by atoms with van der Waals surface area (Å²) in [7, 11) is 0. The summed E-state index contributed by atoms with van der Waals surface area (Å²) in [6, 6.07) is 4.31. The van der Waals surface area contributed by atoms with Crippen molar-refractivity contribution in [2.75, 3.05) is 13.0 Å². The van der Waals surface area contributed by atoms with E-state index in [0.29, 0.717) is 11.5 Å². The van der Waals surface area contributed by atoms with E-state index in [1.165, 1.54) is 24.5 Å². The molecule has 1 aromatic rings. The third-order valence-corrected chi connectivity index (χ3v) is 3.24. The molecule has 2 rings (SSSR count). The average Bonchev–Trinajstić information content (AvgIpc) is 2.63. The predicted molar refractivity (Wildman–Crippen MR) is 54.9 cm³/mol. The molecular formula is C10H9F3O2S. The Morgan fingerprint density at radius 3 is 2.56 bits per heavy atom. The molecule has 0 aromatic heterocycles. The van der Waals surface area contributed by atoms with Gasteiger partial charge in [0.15, 0.2) is 11.5 Å². The minimum atomic E-state index is -4.26. The standard InChI is InChI=1S/C10H9F3O2S/c1-16-9(10(11,12)13)6-2-3-7-8(4-6)15-5-14-7/h2-4,9H,5H2,1H3/t9-/m0/s1. The number of hydrogen-bond donors (Lipinski definition) is 0. The Balaban J connectivity index is 2.33. The molecule has 1 heterocycles. The maximum Gasteiger partial charge on any atom is 0.404 e. The number of fused-ring (bicyclic) bond motifs is 1. The average molecular weight is 250 g/mol. The number of hydrogen-bond acceptors (Lipinski definition) is 3. The van der Waals surface area contributed by atoms with Crippen LogP contribution in [-0.4, -0.2) is 19.2 Å². The molecule has 6 heteroatoms. The normalized spacial score (nSPS) is 16.2. The number of rotatable bonds is 2. The van der Waals surface area contributed by atoms with Gasteiger partial charge in [0.1, 0.15) is 5.25 Å². The first-order valence-corrected chi connectivity index (χ1v) is 5.80. The zero-order valence-electron chi connectivity index (χ0n) is 8.38. The van der Waals surface area contributed by atoms with Crippen LogP contribution in [0.25, 0.3) is 0 Å². The molecule has 1 aliphatic rings. The molecule has 0 aliphatic carbocycles. The van der Waals surface area contributed by atoms with Crippen LogP contribution in [0.5, 0.6) is 11.5 Å². The Bertz CT molecular complexity index is 392. The van der Waals surface area contributed by atoms with Crippen molar-refractivity contribution >= 4 is 11.8 Å². The van der Waals surface area contributed by atoms with Crippen molar-refractivity contribution in [2.24, 2.45) is 0 Å². The van der Waals surface area contributed by atoms with Gasteiger partial charge in [0.05, 0.1) is 0 Å².